The number of nitrogens with zero attached hydrogens (tertiary/aromatic N) is 1. The maximum absolute atomic E-state index is 6.06. The summed E-state index contributed by atoms with van der Waals surface area (Å²) in [6.45, 7) is 4.15. The van der Waals surface area contributed by atoms with Gasteiger partial charge < -0.3 is 14.2 Å². The zero-order chi connectivity index (χ0) is 16.4. The molecule has 0 saturated carbocycles. The molecule has 0 aliphatic rings. The van der Waals surface area contributed by atoms with E-state index in [0.29, 0.717) is 11.5 Å². The number of hydrogen-bond acceptors (Lipinski definition) is 4. The number of benzene rings is 2. The molecule has 0 N–H and O–H groups in total. The number of halogens is 1. The molecule has 1 aromatic heterocycles. The number of pyridine rings is 1. The lowest BCUT2D eigenvalue weighted by Gasteiger charge is -2.13. The Morgan fingerprint density at radius 3 is 2.17 bits per heavy atom. The molecule has 0 aliphatic carbocycles. The van der Waals surface area contributed by atoms with Crippen molar-refractivity contribution in [2.45, 2.75) is 13.8 Å². The zero-order valence-corrected chi connectivity index (χ0v) is 14.9. The first kappa shape index (κ1) is 17.9. The van der Waals surface area contributed by atoms with Gasteiger partial charge in [-0.15, -0.1) is 12.4 Å². The van der Waals surface area contributed by atoms with E-state index in [1.54, 1.807) is 20.4 Å². The van der Waals surface area contributed by atoms with Crippen LogP contribution in [0.4, 0.5) is 0 Å². The fourth-order valence-corrected chi connectivity index (χ4v) is 2.44. The SMILES string of the molecule is COc1cc2nccc(Oc3ccc(C)c(C)c3)c2cc1OC.Cl. The van der Waals surface area contributed by atoms with Crippen molar-refractivity contribution in [3.63, 3.8) is 0 Å². The van der Waals surface area contributed by atoms with Crippen LogP contribution in [0, 0.1) is 13.8 Å². The van der Waals surface area contributed by atoms with Crippen molar-refractivity contribution in [2.24, 2.45) is 0 Å². The highest BCUT2D eigenvalue weighted by Crippen LogP contribution is 2.36. The summed E-state index contributed by atoms with van der Waals surface area (Å²) in [6.07, 6.45) is 1.73. The van der Waals surface area contributed by atoms with Crippen LogP contribution in [0.2, 0.25) is 0 Å². The second-order valence-electron chi connectivity index (χ2n) is 5.38. The third-order valence-electron chi connectivity index (χ3n) is 3.91. The molecule has 0 unspecified atom stereocenters. The van der Waals surface area contributed by atoms with Gasteiger partial charge in [-0.2, -0.15) is 0 Å². The number of methoxy groups -OCH3 is 2. The molecule has 0 amide bonds. The third-order valence-corrected chi connectivity index (χ3v) is 3.91. The van der Waals surface area contributed by atoms with E-state index in [4.69, 9.17) is 14.2 Å². The number of aryl methyl sites for hydroxylation is 2. The summed E-state index contributed by atoms with van der Waals surface area (Å²) in [6, 6.07) is 11.6. The van der Waals surface area contributed by atoms with E-state index in [1.165, 1.54) is 11.1 Å². The van der Waals surface area contributed by atoms with E-state index >= 15 is 0 Å². The van der Waals surface area contributed by atoms with Crippen molar-refractivity contribution in [3.05, 3.63) is 53.7 Å². The van der Waals surface area contributed by atoms with Crippen LogP contribution in [0.3, 0.4) is 0 Å². The molecule has 0 bridgehead atoms. The van der Waals surface area contributed by atoms with Crippen molar-refractivity contribution in [1.82, 2.24) is 4.98 Å². The van der Waals surface area contributed by atoms with Crippen LogP contribution in [0.1, 0.15) is 11.1 Å². The fourth-order valence-electron chi connectivity index (χ4n) is 2.44. The Balaban J connectivity index is 0.00000208. The van der Waals surface area contributed by atoms with Crippen molar-refractivity contribution < 1.29 is 14.2 Å². The smallest absolute Gasteiger partial charge is 0.162 e. The Hall–Kier alpha value is -2.46. The minimum absolute atomic E-state index is 0. The molecular formula is C19H20ClNO3. The average Bonchev–Trinajstić information content (AvgIpc) is 2.57. The lowest BCUT2D eigenvalue weighted by molar-refractivity contribution is 0.355. The predicted molar refractivity (Wildman–Crippen MR) is 98.1 cm³/mol. The number of aromatic nitrogens is 1. The van der Waals surface area contributed by atoms with Gasteiger partial charge in [0, 0.05) is 17.6 Å². The molecule has 0 atom stereocenters. The lowest BCUT2D eigenvalue weighted by Crippen LogP contribution is -1.93. The quantitative estimate of drug-likeness (QED) is 0.661. The average molecular weight is 346 g/mol. The molecule has 3 rings (SSSR count). The molecular weight excluding hydrogens is 326 g/mol. The van der Waals surface area contributed by atoms with Gasteiger partial charge >= 0.3 is 0 Å². The molecule has 0 aliphatic heterocycles. The van der Waals surface area contributed by atoms with Crippen molar-refractivity contribution in [1.29, 1.82) is 0 Å². The fraction of sp³-hybridized carbons (Fsp3) is 0.211. The summed E-state index contributed by atoms with van der Waals surface area (Å²) in [4.78, 5) is 4.38. The second kappa shape index (κ2) is 7.41. The second-order valence-corrected chi connectivity index (χ2v) is 5.38. The van der Waals surface area contributed by atoms with Gasteiger partial charge in [0.2, 0.25) is 0 Å². The van der Waals surface area contributed by atoms with Crippen molar-refractivity contribution in [3.8, 4) is 23.0 Å². The Kier molecular flexibility index (Phi) is 5.52. The highest BCUT2D eigenvalue weighted by Gasteiger charge is 2.11. The Morgan fingerprint density at radius 1 is 0.792 bits per heavy atom. The van der Waals surface area contributed by atoms with Gasteiger partial charge in [0.1, 0.15) is 11.5 Å². The normalized spacial score (nSPS) is 10.2. The van der Waals surface area contributed by atoms with E-state index in [0.717, 1.165) is 22.4 Å². The Morgan fingerprint density at radius 2 is 1.50 bits per heavy atom. The van der Waals surface area contributed by atoms with Gasteiger partial charge in [0.05, 0.1) is 19.7 Å². The Labute approximate surface area is 147 Å². The minimum atomic E-state index is 0. The highest BCUT2D eigenvalue weighted by molar-refractivity contribution is 5.88. The van der Waals surface area contributed by atoms with E-state index in [2.05, 4.69) is 24.9 Å². The number of hydrogen-bond donors (Lipinski definition) is 0. The molecule has 4 nitrogen and oxygen atoms in total. The monoisotopic (exact) mass is 345 g/mol. The van der Waals surface area contributed by atoms with Gasteiger partial charge in [0.25, 0.3) is 0 Å². The van der Waals surface area contributed by atoms with Gasteiger partial charge in [0.15, 0.2) is 11.5 Å². The standard InChI is InChI=1S/C19H19NO3.ClH/c1-12-5-6-14(9-13(12)2)23-17-7-8-20-16-11-19(22-4)18(21-3)10-15(16)17;/h5-11H,1-4H3;1H. The molecule has 0 fully saturated rings. The summed E-state index contributed by atoms with van der Waals surface area (Å²) in [7, 11) is 3.23. The highest BCUT2D eigenvalue weighted by atomic mass is 35.5. The van der Waals surface area contributed by atoms with Gasteiger partial charge in [-0.05, 0) is 49.2 Å². The van der Waals surface area contributed by atoms with Crippen LogP contribution in [-0.2, 0) is 0 Å². The maximum Gasteiger partial charge on any atom is 0.162 e. The lowest BCUT2D eigenvalue weighted by atomic mass is 10.1. The first-order chi connectivity index (χ1) is 11.1. The molecule has 3 aromatic rings. The van der Waals surface area contributed by atoms with Crippen molar-refractivity contribution in [2.75, 3.05) is 14.2 Å². The number of ether oxygens (including phenoxy) is 3. The number of fused-ring (bicyclic) bond motifs is 1. The van der Waals surface area contributed by atoms with E-state index in [1.807, 2.05) is 30.3 Å². The molecule has 5 heteroatoms. The van der Waals surface area contributed by atoms with Gasteiger partial charge in [-0.3, -0.25) is 4.98 Å². The number of rotatable bonds is 4. The van der Waals surface area contributed by atoms with Crippen LogP contribution >= 0.6 is 12.4 Å². The molecule has 24 heavy (non-hydrogen) atoms. The predicted octanol–water partition coefficient (Wildman–Crippen LogP) is 5.08. The molecule has 126 valence electrons. The largest absolute Gasteiger partial charge is 0.493 e. The van der Waals surface area contributed by atoms with Crippen LogP contribution in [-0.4, -0.2) is 19.2 Å². The summed E-state index contributed by atoms with van der Waals surface area (Å²) in [5.74, 6) is 2.84. The molecule has 0 radical (unpaired) electrons. The zero-order valence-electron chi connectivity index (χ0n) is 14.1. The Bertz CT molecular complexity index is 865. The summed E-state index contributed by atoms with van der Waals surface area (Å²) in [5.41, 5.74) is 3.23. The molecule has 0 spiro atoms. The van der Waals surface area contributed by atoms with Crippen LogP contribution in [0.15, 0.2) is 42.6 Å². The molecule has 2 aromatic carbocycles. The van der Waals surface area contributed by atoms with E-state index in [9.17, 15) is 0 Å². The molecule has 1 heterocycles. The first-order valence-corrected chi connectivity index (χ1v) is 7.38. The van der Waals surface area contributed by atoms with Gasteiger partial charge in [-0.1, -0.05) is 6.07 Å². The first-order valence-electron chi connectivity index (χ1n) is 7.38. The van der Waals surface area contributed by atoms with Crippen molar-refractivity contribution >= 4 is 23.3 Å². The molecule has 0 saturated heterocycles. The van der Waals surface area contributed by atoms with Crippen LogP contribution in [0.25, 0.3) is 10.9 Å². The maximum atomic E-state index is 6.06. The van der Waals surface area contributed by atoms with Crippen LogP contribution < -0.4 is 14.2 Å². The van der Waals surface area contributed by atoms with Gasteiger partial charge in [-0.25, -0.2) is 0 Å². The van der Waals surface area contributed by atoms with Crippen LogP contribution in [0.5, 0.6) is 23.0 Å². The summed E-state index contributed by atoms with van der Waals surface area (Å²) in [5, 5.41) is 0.878. The third kappa shape index (κ3) is 3.39. The minimum Gasteiger partial charge on any atom is -0.493 e. The van der Waals surface area contributed by atoms with E-state index in [-0.39, 0.29) is 12.4 Å². The summed E-state index contributed by atoms with van der Waals surface area (Å²) >= 11 is 0. The topological polar surface area (TPSA) is 40.6 Å². The summed E-state index contributed by atoms with van der Waals surface area (Å²) < 4.78 is 16.8. The van der Waals surface area contributed by atoms with E-state index < -0.39 is 0 Å².